The van der Waals surface area contributed by atoms with Crippen LogP contribution in [0.1, 0.15) is 24.8 Å². The molecule has 1 rings (SSSR count). The van der Waals surface area contributed by atoms with Crippen LogP contribution in [0.2, 0.25) is 0 Å². The molecule has 0 saturated carbocycles. The minimum absolute atomic E-state index is 0.171. The van der Waals surface area contributed by atoms with Gasteiger partial charge in [-0.2, -0.15) is 0 Å². The first kappa shape index (κ1) is 13.3. The third kappa shape index (κ3) is 5.76. The Hall–Kier alpha value is -1.77. The van der Waals surface area contributed by atoms with Crippen molar-refractivity contribution in [1.29, 1.82) is 0 Å². The Balaban J connectivity index is 2.13. The highest BCUT2D eigenvalue weighted by atomic mass is 16.5. The van der Waals surface area contributed by atoms with E-state index in [2.05, 4.69) is 6.58 Å². The molecule has 0 saturated heterocycles. The molecule has 3 heteroatoms. The first-order chi connectivity index (χ1) is 8.22. The largest absolute Gasteiger partial charge is 0.508 e. The number of ether oxygens (including phenoxy) is 1. The quantitative estimate of drug-likeness (QED) is 0.448. The van der Waals surface area contributed by atoms with Crippen LogP contribution >= 0.6 is 0 Å². The van der Waals surface area contributed by atoms with Crippen LogP contribution in [-0.2, 0) is 16.0 Å². The highest BCUT2D eigenvalue weighted by Gasteiger charge is 2.01. The molecule has 0 atom stereocenters. The third-order valence-electron chi connectivity index (χ3n) is 2.39. The van der Waals surface area contributed by atoms with Gasteiger partial charge in [-0.3, -0.25) is 4.79 Å². The van der Waals surface area contributed by atoms with E-state index in [1.54, 1.807) is 18.2 Å². The highest BCUT2D eigenvalue weighted by Crippen LogP contribution is 2.12. The fourth-order valence-electron chi connectivity index (χ4n) is 1.49. The molecule has 17 heavy (non-hydrogen) atoms. The molecule has 0 unspecified atom stereocenters. The van der Waals surface area contributed by atoms with Crippen LogP contribution < -0.4 is 0 Å². The van der Waals surface area contributed by atoms with Crippen molar-refractivity contribution in [2.75, 3.05) is 6.61 Å². The number of carbonyl (C=O) groups is 1. The average molecular weight is 234 g/mol. The summed E-state index contributed by atoms with van der Waals surface area (Å²) in [6.07, 6.45) is 4.68. The number of phenols is 1. The maximum atomic E-state index is 11.2. The molecule has 1 aromatic rings. The lowest BCUT2D eigenvalue weighted by atomic mass is 10.1. The summed E-state index contributed by atoms with van der Waals surface area (Å²) in [4.78, 5) is 11.2. The predicted octanol–water partition coefficient (Wildman–Crippen LogP) is 2.83. The topological polar surface area (TPSA) is 46.5 Å². The van der Waals surface area contributed by atoms with Gasteiger partial charge < -0.3 is 9.84 Å². The SMILES string of the molecule is C=CCOC(=O)CCCCc1ccc(O)cc1. The smallest absolute Gasteiger partial charge is 0.306 e. The van der Waals surface area contributed by atoms with E-state index in [0.717, 1.165) is 19.3 Å². The summed E-state index contributed by atoms with van der Waals surface area (Å²) in [6.45, 7) is 3.77. The lowest BCUT2D eigenvalue weighted by molar-refractivity contribution is -0.142. The van der Waals surface area contributed by atoms with Crippen LogP contribution in [-0.4, -0.2) is 17.7 Å². The fraction of sp³-hybridized carbons (Fsp3) is 0.357. The van der Waals surface area contributed by atoms with E-state index in [0.29, 0.717) is 6.42 Å². The van der Waals surface area contributed by atoms with Gasteiger partial charge >= 0.3 is 5.97 Å². The average Bonchev–Trinajstić information content (AvgIpc) is 2.34. The van der Waals surface area contributed by atoms with Gasteiger partial charge in [0.05, 0.1) is 0 Å². The summed E-state index contributed by atoms with van der Waals surface area (Å²) in [5.41, 5.74) is 1.17. The van der Waals surface area contributed by atoms with Gasteiger partial charge in [0.25, 0.3) is 0 Å². The van der Waals surface area contributed by atoms with Crippen LogP contribution in [0.25, 0.3) is 0 Å². The molecule has 0 fully saturated rings. The summed E-state index contributed by atoms with van der Waals surface area (Å²) >= 11 is 0. The number of hydrogen-bond acceptors (Lipinski definition) is 3. The number of aromatic hydroxyl groups is 1. The molecule has 0 aliphatic heterocycles. The number of rotatable bonds is 7. The molecule has 3 nitrogen and oxygen atoms in total. The van der Waals surface area contributed by atoms with E-state index in [1.807, 2.05) is 12.1 Å². The molecule has 1 N–H and O–H groups in total. The molecule has 92 valence electrons. The van der Waals surface area contributed by atoms with Gasteiger partial charge in [0, 0.05) is 6.42 Å². The predicted molar refractivity (Wildman–Crippen MR) is 66.8 cm³/mol. The van der Waals surface area contributed by atoms with E-state index < -0.39 is 0 Å². The molecule has 0 bridgehead atoms. The van der Waals surface area contributed by atoms with Crippen molar-refractivity contribution in [1.82, 2.24) is 0 Å². The number of hydrogen-bond donors (Lipinski definition) is 1. The molecule has 0 amide bonds. The fourth-order valence-corrected chi connectivity index (χ4v) is 1.49. The Morgan fingerprint density at radius 3 is 2.65 bits per heavy atom. The summed E-state index contributed by atoms with van der Waals surface area (Å²) in [5, 5.41) is 9.11. The maximum Gasteiger partial charge on any atom is 0.306 e. The second-order valence-corrected chi connectivity index (χ2v) is 3.85. The molecule has 0 radical (unpaired) electrons. The van der Waals surface area contributed by atoms with Crippen molar-refractivity contribution in [2.24, 2.45) is 0 Å². The van der Waals surface area contributed by atoms with Gasteiger partial charge in [0.2, 0.25) is 0 Å². The second kappa shape index (κ2) is 7.49. The Labute approximate surface area is 102 Å². The third-order valence-corrected chi connectivity index (χ3v) is 2.39. The molecule has 0 aliphatic rings. The Bertz CT molecular complexity index is 354. The number of unbranched alkanes of at least 4 members (excludes halogenated alkanes) is 1. The Kier molecular flexibility index (Phi) is 5.86. The monoisotopic (exact) mass is 234 g/mol. The van der Waals surface area contributed by atoms with Gasteiger partial charge in [-0.15, -0.1) is 0 Å². The van der Waals surface area contributed by atoms with Crippen LogP contribution in [0.15, 0.2) is 36.9 Å². The number of phenolic OH excluding ortho intramolecular Hbond substituents is 1. The van der Waals surface area contributed by atoms with Gasteiger partial charge in [0.1, 0.15) is 12.4 Å². The van der Waals surface area contributed by atoms with E-state index in [9.17, 15) is 4.79 Å². The molecule has 1 aromatic carbocycles. The normalized spacial score (nSPS) is 9.88. The van der Waals surface area contributed by atoms with Crippen molar-refractivity contribution < 1.29 is 14.6 Å². The van der Waals surface area contributed by atoms with Crippen molar-refractivity contribution in [3.63, 3.8) is 0 Å². The van der Waals surface area contributed by atoms with E-state index in [-0.39, 0.29) is 18.3 Å². The van der Waals surface area contributed by atoms with Crippen LogP contribution in [0, 0.1) is 0 Å². The zero-order valence-corrected chi connectivity index (χ0v) is 9.89. The highest BCUT2D eigenvalue weighted by molar-refractivity contribution is 5.69. The number of benzene rings is 1. The minimum Gasteiger partial charge on any atom is -0.508 e. The second-order valence-electron chi connectivity index (χ2n) is 3.85. The lowest BCUT2D eigenvalue weighted by Crippen LogP contribution is -2.04. The van der Waals surface area contributed by atoms with Crippen molar-refractivity contribution in [3.05, 3.63) is 42.5 Å². The van der Waals surface area contributed by atoms with Crippen LogP contribution in [0.4, 0.5) is 0 Å². The lowest BCUT2D eigenvalue weighted by Gasteiger charge is -2.03. The zero-order valence-electron chi connectivity index (χ0n) is 9.89. The number of carbonyl (C=O) groups excluding carboxylic acids is 1. The molecule has 0 aromatic heterocycles. The minimum atomic E-state index is -0.171. The van der Waals surface area contributed by atoms with Gasteiger partial charge in [-0.05, 0) is 37.0 Å². The van der Waals surface area contributed by atoms with Crippen LogP contribution in [0.5, 0.6) is 5.75 Å². The van der Waals surface area contributed by atoms with Crippen molar-refractivity contribution in [3.8, 4) is 5.75 Å². The number of aryl methyl sites for hydroxylation is 1. The van der Waals surface area contributed by atoms with Gasteiger partial charge in [0.15, 0.2) is 0 Å². The first-order valence-electron chi connectivity index (χ1n) is 5.77. The summed E-state index contributed by atoms with van der Waals surface area (Å²) < 4.78 is 4.87. The molecule has 0 heterocycles. The number of esters is 1. The van der Waals surface area contributed by atoms with E-state index >= 15 is 0 Å². The summed E-state index contributed by atoms with van der Waals surface area (Å²) in [6, 6.07) is 7.14. The van der Waals surface area contributed by atoms with E-state index in [4.69, 9.17) is 9.84 Å². The standard InChI is InChI=1S/C14H18O3/c1-2-11-17-14(16)6-4-3-5-12-7-9-13(15)10-8-12/h2,7-10,15H,1,3-6,11H2. The van der Waals surface area contributed by atoms with E-state index in [1.165, 1.54) is 5.56 Å². The molecule has 0 aliphatic carbocycles. The van der Waals surface area contributed by atoms with Crippen molar-refractivity contribution in [2.45, 2.75) is 25.7 Å². The zero-order chi connectivity index (χ0) is 12.5. The first-order valence-corrected chi connectivity index (χ1v) is 5.77. The summed E-state index contributed by atoms with van der Waals surface area (Å²) in [5.74, 6) is 0.109. The molecular weight excluding hydrogens is 216 g/mol. The maximum absolute atomic E-state index is 11.2. The molecule has 0 spiro atoms. The Morgan fingerprint density at radius 2 is 2.00 bits per heavy atom. The van der Waals surface area contributed by atoms with Gasteiger partial charge in [-0.25, -0.2) is 0 Å². The van der Waals surface area contributed by atoms with Crippen LogP contribution in [0.3, 0.4) is 0 Å². The van der Waals surface area contributed by atoms with Gasteiger partial charge in [-0.1, -0.05) is 24.8 Å². The molecular formula is C14H18O3. The summed E-state index contributed by atoms with van der Waals surface area (Å²) in [7, 11) is 0. The Morgan fingerprint density at radius 1 is 1.29 bits per heavy atom. The van der Waals surface area contributed by atoms with Crippen molar-refractivity contribution >= 4 is 5.97 Å².